The maximum atomic E-state index is 12.7. The van der Waals surface area contributed by atoms with E-state index < -0.39 is 11.5 Å². The van der Waals surface area contributed by atoms with Crippen molar-refractivity contribution < 1.29 is 23.6 Å². The van der Waals surface area contributed by atoms with Crippen molar-refractivity contribution in [2.24, 2.45) is 0 Å². The molecule has 28 heavy (non-hydrogen) atoms. The first-order valence-corrected chi connectivity index (χ1v) is 9.76. The highest BCUT2D eigenvalue weighted by atomic mass is 16.4. The van der Waals surface area contributed by atoms with Crippen LogP contribution in [-0.4, -0.2) is 54.2 Å². The number of aryl methyl sites for hydroxylation is 2. The third-order valence-electron chi connectivity index (χ3n) is 5.65. The summed E-state index contributed by atoms with van der Waals surface area (Å²) in [5.41, 5.74) is 0.501. The van der Waals surface area contributed by atoms with Crippen LogP contribution in [0.3, 0.4) is 0 Å². The van der Waals surface area contributed by atoms with Crippen molar-refractivity contribution in [3.05, 3.63) is 59.5 Å². The summed E-state index contributed by atoms with van der Waals surface area (Å²) in [4.78, 5) is 24.1. The first kappa shape index (κ1) is 20.1. The summed E-state index contributed by atoms with van der Waals surface area (Å²) in [6.07, 6.45) is 2.76. The maximum Gasteiger partial charge on any atom is 0.305 e. The van der Waals surface area contributed by atoms with Gasteiger partial charge in [0.1, 0.15) is 5.76 Å². The number of furan rings is 1. The third-order valence-corrected chi connectivity index (χ3v) is 5.65. The van der Waals surface area contributed by atoms with Crippen LogP contribution in [0, 0.1) is 0 Å². The van der Waals surface area contributed by atoms with Gasteiger partial charge in [-0.3, -0.25) is 9.59 Å². The maximum absolute atomic E-state index is 12.7. The molecule has 1 aliphatic heterocycles. The van der Waals surface area contributed by atoms with Crippen molar-refractivity contribution >= 4 is 11.9 Å². The van der Waals surface area contributed by atoms with Gasteiger partial charge in [0.15, 0.2) is 5.76 Å². The fourth-order valence-corrected chi connectivity index (χ4v) is 3.75. The fraction of sp³-hybridized carbons (Fsp3) is 0.455. The molecule has 150 valence electrons. The molecular weight excluding hydrogens is 356 g/mol. The molecular formula is C22H29N2O4+. The highest BCUT2D eigenvalue weighted by molar-refractivity contribution is 5.92. The zero-order valence-electron chi connectivity index (χ0n) is 16.6. The largest absolute Gasteiger partial charge is 0.481 e. The van der Waals surface area contributed by atoms with Gasteiger partial charge in [-0.1, -0.05) is 30.3 Å². The molecule has 3 rings (SSSR count). The lowest BCUT2D eigenvalue weighted by Crippen LogP contribution is -2.60. The Morgan fingerprint density at radius 3 is 2.39 bits per heavy atom. The quantitative estimate of drug-likeness (QED) is 0.719. The second kappa shape index (κ2) is 8.19. The first-order valence-electron chi connectivity index (χ1n) is 9.76. The van der Waals surface area contributed by atoms with Gasteiger partial charge < -0.3 is 19.3 Å². The van der Waals surface area contributed by atoms with Crippen molar-refractivity contribution in [2.75, 3.05) is 27.2 Å². The van der Waals surface area contributed by atoms with Crippen LogP contribution in [0.2, 0.25) is 0 Å². The Morgan fingerprint density at radius 2 is 1.75 bits per heavy atom. The van der Waals surface area contributed by atoms with E-state index in [0.29, 0.717) is 19.3 Å². The number of carboxylic acids is 1. The molecule has 1 aromatic carbocycles. The van der Waals surface area contributed by atoms with Crippen LogP contribution in [-0.2, 0) is 17.6 Å². The summed E-state index contributed by atoms with van der Waals surface area (Å²) in [6.45, 7) is 1.65. The molecule has 1 aliphatic rings. The average Bonchev–Trinajstić information content (AvgIpc) is 3.12. The lowest BCUT2D eigenvalue weighted by molar-refractivity contribution is -0.896. The third kappa shape index (κ3) is 5.23. The summed E-state index contributed by atoms with van der Waals surface area (Å²) in [5.74, 6) is -0.232. The van der Waals surface area contributed by atoms with Gasteiger partial charge in [-0.15, -0.1) is 0 Å². The highest BCUT2D eigenvalue weighted by Gasteiger charge is 2.42. The summed E-state index contributed by atoms with van der Waals surface area (Å²) >= 11 is 0. The number of carbonyl (C=O) groups excluding carboxylic acids is 1. The minimum atomic E-state index is -0.893. The Hall–Kier alpha value is -2.60. The minimum Gasteiger partial charge on any atom is -0.481 e. The molecule has 0 saturated carbocycles. The number of amides is 1. The molecule has 0 unspecified atom stereocenters. The van der Waals surface area contributed by atoms with Gasteiger partial charge in [-0.05, 0) is 24.1 Å². The lowest BCUT2D eigenvalue weighted by atomic mass is 9.83. The Morgan fingerprint density at radius 1 is 1.07 bits per heavy atom. The lowest BCUT2D eigenvalue weighted by Gasteiger charge is -2.44. The number of nitrogens with one attached hydrogen (secondary N) is 1. The first-order chi connectivity index (χ1) is 13.3. The highest BCUT2D eigenvalue weighted by Crippen LogP contribution is 2.29. The number of benzene rings is 1. The van der Waals surface area contributed by atoms with E-state index in [1.165, 1.54) is 5.56 Å². The van der Waals surface area contributed by atoms with Crippen LogP contribution in [0.4, 0.5) is 0 Å². The number of nitrogens with zero attached hydrogens (tertiary/aromatic N) is 1. The number of rotatable bonds is 7. The Balaban J connectivity index is 1.64. The van der Waals surface area contributed by atoms with E-state index in [9.17, 15) is 14.7 Å². The summed E-state index contributed by atoms with van der Waals surface area (Å²) in [7, 11) is 4.25. The SMILES string of the molecule is C[N+]1(C)CCC(CC(=O)O)(NC(=O)c2ccc(CCc3ccccc3)o2)CC1. The molecule has 6 nitrogen and oxygen atoms in total. The summed E-state index contributed by atoms with van der Waals surface area (Å²) in [5, 5.41) is 12.3. The standard InChI is InChI=1S/C22H28N2O4/c1-24(2)14-12-22(13-15-24,16-20(25)26)23-21(27)19-11-10-18(28-19)9-8-17-6-4-3-5-7-17/h3-7,10-11H,8-9,12-16H2,1-2H3,(H-,23,25,26,27)/p+1. The van der Waals surface area contributed by atoms with Crippen LogP contribution < -0.4 is 5.32 Å². The van der Waals surface area contributed by atoms with Crippen LogP contribution >= 0.6 is 0 Å². The number of hydrogen-bond donors (Lipinski definition) is 2. The van der Waals surface area contributed by atoms with Crippen molar-refractivity contribution in [2.45, 2.75) is 37.6 Å². The molecule has 1 saturated heterocycles. The number of aliphatic carboxylic acids is 1. The molecule has 1 aromatic heterocycles. The molecule has 0 radical (unpaired) electrons. The number of carbonyl (C=O) groups is 2. The Labute approximate surface area is 165 Å². The topological polar surface area (TPSA) is 79.5 Å². The van der Waals surface area contributed by atoms with Gasteiger partial charge >= 0.3 is 5.97 Å². The molecule has 2 aromatic rings. The van der Waals surface area contributed by atoms with Gasteiger partial charge in [0.25, 0.3) is 5.91 Å². The van der Waals surface area contributed by atoms with Crippen molar-refractivity contribution in [1.82, 2.24) is 5.32 Å². The van der Waals surface area contributed by atoms with Gasteiger partial charge in [-0.25, -0.2) is 0 Å². The average molecular weight is 385 g/mol. The number of carboxylic acid groups (broad SMARTS) is 1. The van der Waals surface area contributed by atoms with Crippen LogP contribution in [0.15, 0.2) is 46.9 Å². The minimum absolute atomic E-state index is 0.0691. The summed E-state index contributed by atoms with van der Waals surface area (Å²) < 4.78 is 6.57. The number of likely N-dealkylation sites (tertiary alicyclic amines) is 1. The monoisotopic (exact) mass is 385 g/mol. The second-order valence-corrected chi connectivity index (χ2v) is 8.44. The molecule has 1 amide bonds. The van der Waals surface area contributed by atoms with Gasteiger partial charge in [-0.2, -0.15) is 0 Å². The van der Waals surface area contributed by atoms with Gasteiger partial charge in [0, 0.05) is 19.3 Å². The number of piperidine rings is 1. The van der Waals surface area contributed by atoms with E-state index >= 15 is 0 Å². The van der Waals surface area contributed by atoms with E-state index in [2.05, 4.69) is 31.5 Å². The predicted molar refractivity (Wildman–Crippen MR) is 106 cm³/mol. The molecule has 0 aliphatic carbocycles. The van der Waals surface area contributed by atoms with E-state index in [1.54, 1.807) is 6.07 Å². The van der Waals surface area contributed by atoms with E-state index in [4.69, 9.17) is 4.42 Å². The molecule has 0 spiro atoms. The molecule has 0 bridgehead atoms. The fourth-order valence-electron chi connectivity index (χ4n) is 3.75. The molecule has 2 N–H and O–H groups in total. The van der Waals surface area contributed by atoms with E-state index in [0.717, 1.165) is 29.8 Å². The Kier molecular flexibility index (Phi) is 5.89. The summed E-state index contributed by atoms with van der Waals surface area (Å²) in [6, 6.07) is 13.6. The van der Waals surface area contributed by atoms with E-state index in [1.807, 2.05) is 24.3 Å². The molecule has 1 fully saturated rings. The normalized spacial score (nSPS) is 17.8. The van der Waals surface area contributed by atoms with Crippen molar-refractivity contribution in [1.29, 1.82) is 0 Å². The zero-order valence-corrected chi connectivity index (χ0v) is 16.6. The number of quaternary nitrogens is 1. The smallest absolute Gasteiger partial charge is 0.305 e. The molecule has 2 heterocycles. The van der Waals surface area contributed by atoms with Crippen molar-refractivity contribution in [3.63, 3.8) is 0 Å². The van der Waals surface area contributed by atoms with Crippen LogP contribution in [0.5, 0.6) is 0 Å². The zero-order chi connectivity index (χ0) is 20.2. The van der Waals surface area contributed by atoms with Crippen molar-refractivity contribution in [3.8, 4) is 0 Å². The predicted octanol–water partition coefficient (Wildman–Crippen LogP) is 2.88. The number of hydrogen-bond acceptors (Lipinski definition) is 3. The molecule has 0 atom stereocenters. The van der Waals surface area contributed by atoms with Crippen LogP contribution in [0.1, 0.15) is 41.1 Å². The van der Waals surface area contributed by atoms with E-state index in [-0.39, 0.29) is 18.1 Å². The van der Waals surface area contributed by atoms with Gasteiger partial charge in [0.2, 0.25) is 0 Å². The van der Waals surface area contributed by atoms with Crippen LogP contribution in [0.25, 0.3) is 0 Å². The second-order valence-electron chi connectivity index (χ2n) is 8.44. The Bertz CT molecular complexity index is 816. The molecule has 6 heteroatoms. The van der Waals surface area contributed by atoms with Gasteiger partial charge in [0.05, 0.1) is 39.1 Å².